The van der Waals surface area contributed by atoms with Crippen molar-refractivity contribution < 1.29 is 4.79 Å². The Morgan fingerprint density at radius 3 is 2.38 bits per heavy atom. The summed E-state index contributed by atoms with van der Waals surface area (Å²) in [6.07, 6.45) is 2.53. The quantitative estimate of drug-likeness (QED) is 0.358. The van der Waals surface area contributed by atoms with Gasteiger partial charge in [0.15, 0.2) is 0 Å². The number of nitrogens with one attached hydrogen (secondary N) is 3. The van der Waals surface area contributed by atoms with Crippen molar-refractivity contribution in [2.45, 2.75) is 26.2 Å². The van der Waals surface area contributed by atoms with E-state index >= 15 is 0 Å². The van der Waals surface area contributed by atoms with Crippen LogP contribution in [0.25, 0.3) is 0 Å². The van der Waals surface area contributed by atoms with Crippen LogP contribution in [-0.2, 0) is 4.79 Å². The Hall–Kier alpha value is -0.650. The molecule has 0 bridgehead atoms. The molecule has 0 spiro atoms. The maximum absolute atomic E-state index is 11.1. The van der Waals surface area contributed by atoms with Crippen LogP contribution in [0.3, 0.4) is 0 Å². The first kappa shape index (κ1) is 15.3. The highest BCUT2D eigenvalue weighted by Crippen LogP contribution is 1.85. The van der Waals surface area contributed by atoms with Gasteiger partial charge in [0, 0.05) is 39.1 Å². The molecule has 5 N–H and O–H groups in total. The average molecular weight is 230 g/mol. The van der Waals surface area contributed by atoms with Crippen molar-refractivity contribution in [1.29, 1.82) is 0 Å². The topological polar surface area (TPSA) is 79.2 Å². The van der Waals surface area contributed by atoms with E-state index in [4.69, 9.17) is 5.73 Å². The van der Waals surface area contributed by atoms with Crippen molar-refractivity contribution >= 4 is 5.91 Å². The smallest absolute Gasteiger partial charge is 0.219 e. The first-order chi connectivity index (χ1) is 7.81. The third kappa shape index (κ3) is 11.4. The molecule has 0 rings (SSSR count). The third-order valence-corrected chi connectivity index (χ3v) is 2.13. The fourth-order valence-electron chi connectivity index (χ4n) is 1.29. The van der Waals surface area contributed by atoms with Gasteiger partial charge < -0.3 is 21.7 Å². The minimum Gasteiger partial charge on any atom is -0.356 e. The monoisotopic (exact) mass is 230 g/mol. The highest BCUT2D eigenvalue weighted by Gasteiger charge is 1.96. The Labute approximate surface area is 98.5 Å². The molecule has 0 aromatic rings. The summed E-state index contributed by atoms with van der Waals surface area (Å²) in [6.45, 7) is 7.16. The molecule has 96 valence electrons. The van der Waals surface area contributed by atoms with Crippen LogP contribution in [0.1, 0.15) is 26.2 Å². The van der Waals surface area contributed by atoms with Crippen molar-refractivity contribution in [3.8, 4) is 0 Å². The largest absolute Gasteiger partial charge is 0.356 e. The minimum atomic E-state index is 0.159. The predicted molar refractivity (Wildman–Crippen MR) is 67.3 cm³/mol. The van der Waals surface area contributed by atoms with Gasteiger partial charge in [-0.05, 0) is 19.4 Å². The number of carbonyl (C=O) groups is 1. The lowest BCUT2D eigenvalue weighted by Crippen LogP contribution is -2.32. The normalized spacial score (nSPS) is 10.4. The average Bonchev–Trinajstić information content (AvgIpc) is 2.27. The van der Waals surface area contributed by atoms with E-state index in [-0.39, 0.29) is 5.91 Å². The van der Waals surface area contributed by atoms with Gasteiger partial charge in [-0.2, -0.15) is 0 Å². The molecule has 0 aromatic carbocycles. The van der Waals surface area contributed by atoms with E-state index in [1.165, 1.54) is 0 Å². The van der Waals surface area contributed by atoms with Crippen LogP contribution < -0.4 is 21.7 Å². The minimum absolute atomic E-state index is 0.159. The van der Waals surface area contributed by atoms with E-state index in [2.05, 4.69) is 16.0 Å². The van der Waals surface area contributed by atoms with Gasteiger partial charge >= 0.3 is 0 Å². The van der Waals surface area contributed by atoms with Crippen molar-refractivity contribution in [3.05, 3.63) is 0 Å². The fourth-order valence-corrected chi connectivity index (χ4v) is 1.29. The van der Waals surface area contributed by atoms with Gasteiger partial charge in [-0.15, -0.1) is 0 Å². The lowest BCUT2D eigenvalue weighted by molar-refractivity contribution is -0.121. The molecule has 0 saturated carbocycles. The van der Waals surface area contributed by atoms with Crippen LogP contribution in [0.15, 0.2) is 0 Å². The van der Waals surface area contributed by atoms with Gasteiger partial charge in [0.25, 0.3) is 0 Å². The molecular formula is C11H26N4O. The van der Waals surface area contributed by atoms with Crippen molar-refractivity contribution in [3.63, 3.8) is 0 Å². The summed E-state index contributed by atoms with van der Waals surface area (Å²) in [6, 6.07) is 0. The zero-order chi connectivity index (χ0) is 12.1. The molecule has 1 amide bonds. The van der Waals surface area contributed by atoms with Crippen LogP contribution >= 0.6 is 0 Å². The molecule has 0 aliphatic rings. The lowest BCUT2D eigenvalue weighted by Gasteiger charge is -2.06. The van der Waals surface area contributed by atoms with Crippen molar-refractivity contribution in [1.82, 2.24) is 16.0 Å². The van der Waals surface area contributed by atoms with E-state index in [0.29, 0.717) is 13.0 Å². The summed E-state index contributed by atoms with van der Waals surface area (Å²) in [7, 11) is 0. The Bertz CT molecular complexity index is 164. The maximum Gasteiger partial charge on any atom is 0.219 e. The Morgan fingerprint density at radius 1 is 1.06 bits per heavy atom. The van der Waals surface area contributed by atoms with E-state index in [1.807, 2.05) is 6.92 Å². The van der Waals surface area contributed by atoms with Crippen molar-refractivity contribution in [2.75, 3.05) is 39.3 Å². The summed E-state index contributed by atoms with van der Waals surface area (Å²) in [4.78, 5) is 11.1. The van der Waals surface area contributed by atoms with Gasteiger partial charge in [0.1, 0.15) is 0 Å². The zero-order valence-electron chi connectivity index (χ0n) is 10.3. The molecule has 0 radical (unpaired) electrons. The van der Waals surface area contributed by atoms with E-state index < -0.39 is 0 Å². The molecule has 0 aromatic heterocycles. The molecule has 0 heterocycles. The molecule has 0 saturated heterocycles. The van der Waals surface area contributed by atoms with Gasteiger partial charge in [-0.3, -0.25) is 4.79 Å². The number of hydrogen-bond acceptors (Lipinski definition) is 4. The number of hydrogen-bond donors (Lipinski definition) is 4. The summed E-state index contributed by atoms with van der Waals surface area (Å²) < 4.78 is 0. The van der Waals surface area contributed by atoms with Crippen LogP contribution in [-0.4, -0.2) is 45.2 Å². The lowest BCUT2D eigenvalue weighted by atomic mass is 10.3. The van der Waals surface area contributed by atoms with Crippen LogP contribution in [0, 0.1) is 0 Å². The summed E-state index contributed by atoms with van der Waals surface area (Å²) in [5.74, 6) is 0.159. The summed E-state index contributed by atoms with van der Waals surface area (Å²) in [5, 5.41) is 9.38. The van der Waals surface area contributed by atoms with Gasteiger partial charge in [-0.1, -0.05) is 6.92 Å². The first-order valence-corrected chi connectivity index (χ1v) is 6.19. The Kier molecular flexibility index (Phi) is 11.9. The number of nitrogens with two attached hydrogens (primary N) is 1. The highest BCUT2D eigenvalue weighted by atomic mass is 16.1. The van der Waals surface area contributed by atoms with Crippen molar-refractivity contribution in [2.24, 2.45) is 5.73 Å². The summed E-state index contributed by atoms with van der Waals surface area (Å²) >= 11 is 0. The highest BCUT2D eigenvalue weighted by molar-refractivity contribution is 5.75. The molecular weight excluding hydrogens is 204 g/mol. The first-order valence-electron chi connectivity index (χ1n) is 6.19. The molecule has 5 heteroatoms. The molecule has 0 aliphatic carbocycles. The Balaban J connectivity index is 3.01. The van der Waals surface area contributed by atoms with E-state index in [0.717, 1.165) is 45.6 Å². The second kappa shape index (κ2) is 12.4. The molecule has 0 atom stereocenters. The number of amides is 1. The second-order valence-corrected chi connectivity index (χ2v) is 3.74. The molecule has 16 heavy (non-hydrogen) atoms. The zero-order valence-corrected chi connectivity index (χ0v) is 10.3. The molecule has 5 nitrogen and oxygen atoms in total. The predicted octanol–water partition coefficient (Wildman–Crippen LogP) is -0.569. The second-order valence-electron chi connectivity index (χ2n) is 3.74. The third-order valence-electron chi connectivity index (χ3n) is 2.13. The van der Waals surface area contributed by atoms with Crippen LogP contribution in [0.5, 0.6) is 0 Å². The van der Waals surface area contributed by atoms with E-state index in [1.54, 1.807) is 0 Å². The summed E-state index contributed by atoms with van der Waals surface area (Å²) in [5.41, 5.74) is 5.34. The Morgan fingerprint density at radius 2 is 1.75 bits per heavy atom. The van der Waals surface area contributed by atoms with E-state index in [9.17, 15) is 4.79 Å². The maximum atomic E-state index is 11.1. The van der Waals surface area contributed by atoms with Gasteiger partial charge in [0.2, 0.25) is 5.91 Å². The fraction of sp³-hybridized carbons (Fsp3) is 0.909. The standard InChI is InChI=1S/C11H26N4O/c1-2-4-11(16)15-7-3-6-13-9-10-14-8-5-12/h13-14H,2-10,12H2,1H3,(H,15,16). The van der Waals surface area contributed by atoms with Gasteiger partial charge in [0.05, 0.1) is 0 Å². The van der Waals surface area contributed by atoms with Crippen LogP contribution in [0.4, 0.5) is 0 Å². The molecule has 0 unspecified atom stereocenters. The van der Waals surface area contributed by atoms with Crippen LogP contribution in [0.2, 0.25) is 0 Å². The number of rotatable bonds is 11. The molecule has 0 aliphatic heterocycles. The SMILES string of the molecule is CCCC(=O)NCCCNCCNCCN. The number of carbonyl (C=O) groups excluding carboxylic acids is 1. The molecule has 0 fully saturated rings. The van der Waals surface area contributed by atoms with Gasteiger partial charge in [-0.25, -0.2) is 0 Å².